The Balaban J connectivity index is 1.39. The Morgan fingerprint density at radius 3 is 2.00 bits per heavy atom. The highest BCUT2D eigenvalue weighted by molar-refractivity contribution is 5.86. The number of hydrogen-bond donors (Lipinski definition) is 3. The fourth-order valence-electron chi connectivity index (χ4n) is 4.52. The largest absolute Gasteiger partial charge is 0.481 e. The third kappa shape index (κ3) is 5.51. The van der Waals surface area contributed by atoms with Gasteiger partial charge in [-0.2, -0.15) is 0 Å². The SMILES string of the molecule is CC[C@H](NC(=O)OCC1c2ccccc2-c2ccccc21)C(=O)NC(CC(=O)O)c1ccccc1. The van der Waals surface area contributed by atoms with Crippen molar-refractivity contribution in [2.24, 2.45) is 0 Å². The molecule has 0 radical (unpaired) electrons. The van der Waals surface area contributed by atoms with Crippen LogP contribution in [-0.2, 0) is 14.3 Å². The molecule has 2 amide bonds. The maximum absolute atomic E-state index is 12.9. The fraction of sp³-hybridized carbons (Fsp3) is 0.250. The minimum absolute atomic E-state index is 0.0833. The van der Waals surface area contributed by atoms with Gasteiger partial charge < -0.3 is 20.5 Å². The van der Waals surface area contributed by atoms with E-state index in [1.54, 1.807) is 31.2 Å². The molecule has 0 bridgehead atoms. The number of ether oxygens (including phenoxy) is 1. The molecule has 3 aromatic carbocycles. The number of alkyl carbamates (subject to hydrolysis) is 1. The summed E-state index contributed by atoms with van der Waals surface area (Å²) in [5.41, 5.74) is 5.15. The van der Waals surface area contributed by atoms with Gasteiger partial charge in [0, 0.05) is 5.92 Å². The summed E-state index contributed by atoms with van der Waals surface area (Å²) < 4.78 is 5.55. The first kappa shape index (κ1) is 24.0. The van der Waals surface area contributed by atoms with Crippen molar-refractivity contribution in [2.45, 2.75) is 37.8 Å². The number of carboxylic acids is 1. The zero-order valence-corrected chi connectivity index (χ0v) is 19.4. The van der Waals surface area contributed by atoms with Gasteiger partial charge in [0.25, 0.3) is 0 Å². The molecule has 0 heterocycles. The summed E-state index contributed by atoms with van der Waals surface area (Å²) in [4.78, 5) is 36.8. The predicted octanol–water partition coefficient (Wildman–Crippen LogP) is 4.64. The van der Waals surface area contributed by atoms with Crippen molar-refractivity contribution in [1.29, 1.82) is 0 Å². The Hall–Kier alpha value is -4.13. The van der Waals surface area contributed by atoms with Gasteiger partial charge in [-0.1, -0.05) is 85.8 Å². The van der Waals surface area contributed by atoms with Gasteiger partial charge in [0.2, 0.25) is 5.91 Å². The zero-order valence-electron chi connectivity index (χ0n) is 19.4. The van der Waals surface area contributed by atoms with Gasteiger partial charge in [-0.05, 0) is 34.2 Å². The summed E-state index contributed by atoms with van der Waals surface area (Å²) in [6.07, 6.45) is -0.634. The first-order valence-corrected chi connectivity index (χ1v) is 11.7. The lowest BCUT2D eigenvalue weighted by Gasteiger charge is -2.22. The molecule has 3 aromatic rings. The van der Waals surface area contributed by atoms with Gasteiger partial charge in [0.1, 0.15) is 12.6 Å². The number of nitrogens with one attached hydrogen (secondary N) is 2. The molecule has 1 aliphatic carbocycles. The monoisotopic (exact) mass is 472 g/mol. The molecule has 35 heavy (non-hydrogen) atoms. The molecule has 0 aromatic heterocycles. The summed E-state index contributed by atoms with van der Waals surface area (Å²) in [7, 11) is 0. The number of carbonyl (C=O) groups is 3. The molecule has 3 N–H and O–H groups in total. The Morgan fingerprint density at radius 2 is 1.43 bits per heavy atom. The second kappa shape index (κ2) is 10.9. The van der Waals surface area contributed by atoms with Gasteiger partial charge in [-0.3, -0.25) is 9.59 Å². The molecule has 0 spiro atoms. The van der Waals surface area contributed by atoms with Crippen molar-refractivity contribution < 1.29 is 24.2 Å². The van der Waals surface area contributed by atoms with Crippen LogP contribution < -0.4 is 10.6 Å². The van der Waals surface area contributed by atoms with Crippen LogP contribution in [0.4, 0.5) is 4.79 Å². The van der Waals surface area contributed by atoms with E-state index in [1.165, 1.54) is 0 Å². The van der Waals surface area contributed by atoms with E-state index in [0.717, 1.165) is 22.3 Å². The minimum Gasteiger partial charge on any atom is -0.481 e. The topological polar surface area (TPSA) is 105 Å². The number of amides is 2. The quantitative estimate of drug-likeness (QED) is 0.421. The van der Waals surface area contributed by atoms with Crippen molar-refractivity contribution in [3.8, 4) is 11.1 Å². The molecule has 4 rings (SSSR count). The molecule has 7 heteroatoms. The van der Waals surface area contributed by atoms with Gasteiger partial charge in [0.05, 0.1) is 12.5 Å². The molecule has 2 atom stereocenters. The van der Waals surface area contributed by atoms with Crippen LogP contribution in [0.5, 0.6) is 0 Å². The third-order valence-electron chi connectivity index (χ3n) is 6.26. The molecule has 0 saturated heterocycles. The molecular weight excluding hydrogens is 444 g/mol. The lowest BCUT2D eigenvalue weighted by Crippen LogP contribution is -2.47. The van der Waals surface area contributed by atoms with Crippen molar-refractivity contribution >= 4 is 18.0 Å². The first-order chi connectivity index (χ1) is 17.0. The summed E-state index contributed by atoms with van der Waals surface area (Å²) in [6.45, 7) is 1.91. The average Bonchev–Trinajstić information content (AvgIpc) is 3.19. The molecule has 1 unspecified atom stereocenters. The Kier molecular flexibility index (Phi) is 7.45. The van der Waals surface area contributed by atoms with Gasteiger partial charge in [-0.15, -0.1) is 0 Å². The summed E-state index contributed by atoms with van der Waals surface area (Å²) >= 11 is 0. The van der Waals surface area contributed by atoms with E-state index in [0.29, 0.717) is 12.0 Å². The third-order valence-corrected chi connectivity index (χ3v) is 6.26. The molecule has 0 fully saturated rings. The van der Waals surface area contributed by atoms with E-state index in [1.807, 2.05) is 42.5 Å². The minimum atomic E-state index is -1.03. The number of rotatable bonds is 9. The first-order valence-electron chi connectivity index (χ1n) is 11.7. The maximum Gasteiger partial charge on any atom is 0.407 e. The van der Waals surface area contributed by atoms with E-state index >= 15 is 0 Å². The highest BCUT2D eigenvalue weighted by Gasteiger charge is 2.30. The second-order valence-corrected chi connectivity index (χ2v) is 8.50. The number of fused-ring (bicyclic) bond motifs is 3. The van der Waals surface area contributed by atoms with Crippen LogP contribution in [0.3, 0.4) is 0 Å². The fourth-order valence-corrected chi connectivity index (χ4v) is 4.52. The predicted molar refractivity (Wildman–Crippen MR) is 132 cm³/mol. The molecule has 180 valence electrons. The normalized spacial score (nSPS) is 13.7. The van der Waals surface area contributed by atoms with E-state index in [2.05, 4.69) is 22.8 Å². The van der Waals surface area contributed by atoms with Crippen LogP contribution in [0.2, 0.25) is 0 Å². The number of aliphatic carboxylic acids is 1. The van der Waals surface area contributed by atoms with E-state index in [4.69, 9.17) is 4.74 Å². The van der Waals surface area contributed by atoms with Crippen LogP contribution in [-0.4, -0.2) is 35.7 Å². The van der Waals surface area contributed by atoms with Crippen LogP contribution in [0.25, 0.3) is 11.1 Å². The van der Waals surface area contributed by atoms with Crippen LogP contribution >= 0.6 is 0 Å². The lowest BCUT2D eigenvalue weighted by molar-refractivity contribution is -0.137. The van der Waals surface area contributed by atoms with E-state index < -0.39 is 30.1 Å². The number of hydrogen-bond acceptors (Lipinski definition) is 4. The standard InChI is InChI=1S/C28H28N2O5/c1-2-24(27(33)29-25(16-26(31)32)18-10-4-3-5-11-18)30-28(34)35-17-23-21-14-8-6-12-19(21)20-13-7-9-15-22(20)23/h3-15,23-25H,2,16-17H2,1H3,(H,29,33)(H,30,34)(H,31,32)/t24-,25?/m0/s1. The van der Waals surface area contributed by atoms with Crippen molar-refractivity contribution in [3.63, 3.8) is 0 Å². The van der Waals surface area contributed by atoms with Crippen molar-refractivity contribution in [1.82, 2.24) is 10.6 Å². The molecular formula is C28H28N2O5. The summed E-state index contributed by atoms with van der Waals surface area (Å²) in [5, 5.41) is 14.7. The number of carboxylic acid groups (broad SMARTS) is 1. The molecule has 0 aliphatic heterocycles. The Bertz CT molecular complexity index is 1170. The number of benzene rings is 3. The highest BCUT2D eigenvalue weighted by Crippen LogP contribution is 2.44. The van der Waals surface area contributed by atoms with Crippen molar-refractivity contribution in [2.75, 3.05) is 6.61 Å². The highest BCUT2D eigenvalue weighted by atomic mass is 16.5. The summed E-state index contributed by atoms with van der Waals surface area (Å²) in [6, 6.07) is 23.4. The number of carbonyl (C=O) groups excluding carboxylic acids is 2. The van der Waals surface area contributed by atoms with Crippen LogP contribution in [0.15, 0.2) is 78.9 Å². The lowest BCUT2D eigenvalue weighted by atomic mass is 9.98. The van der Waals surface area contributed by atoms with Crippen molar-refractivity contribution in [3.05, 3.63) is 95.6 Å². The smallest absolute Gasteiger partial charge is 0.407 e. The summed E-state index contributed by atoms with van der Waals surface area (Å²) in [5.74, 6) is -1.58. The van der Waals surface area contributed by atoms with Gasteiger partial charge in [-0.25, -0.2) is 4.79 Å². The van der Waals surface area contributed by atoms with Gasteiger partial charge >= 0.3 is 12.1 Å². The Morgan fingerprint density at radius 1 is 0.857 bits per heavy atom. The molecule has 0 saturated carbocycles. The van der Waals surface area contributed by atoms with E-state index in [-0.39, 0.29) is 18.9 Å². The Labute approximate surface area is 204 Å². The zero-order chi connectivity index (χ0) is 24.8. The maximum atomic E-state index is 12.9. The average molecular weight is 473 g/mol. The van der Waals surface area contributed by atoms with Crippen LogP contribution in [0.1, 0.15) is 48.4 Å². The van der Waals surface area contributed by atoms with Gasteiger partial charge in [0.15, 0.2) is 0 Å². The van der Waals surface area contributed by atoms with E-state index in [9.17, 15) is 19.5 Å². The molecule has 7 nitrogen and oxygen atoms in total. The second-order valence-electron chi connectivity index (χ2n) is 8.50. The van der Waals surface area contributed by atoms with Crippen LogP contribution in [0, 0.1) is 0 Å². The molecule has 1 aliphatic rings.